The summed E-state index contributed by atoms with van der Waals surface area (Å²) in [4.78, 5) is 4.00. The first-order valence-electron chi connectivity index (χ1n) is 6.16. The summed E-state index contributed by atoms with van der Waals surface area (Å²) in [5, 5.41) is 0. The minimum absolute atomic E-state index is 0.0673. The van der Waals surface area contributed by atoms with Crippen LogP contribution in [0.2, 0.25) is 0 Å². The maximum absolute atomic E-state index is 13.7. The second-order valence-electron chi connectivity index (χ2n) is 3.82. The second kappa shape index (κ2) is 8.48. The molecule has 0 atom stereocenters. The Hall–Kier alpha value is -0.800. The highest BCUT2D eigenvalue weighted by Gasteiger charge is 2.15. The number of nitrogens with two attached hydrogens (primary N) is 1. The zero-order valence-corrected chi connectivity index (χ0v) is 13.5. The zero-order chi connectivity index (χ0) is 15.1. The average Bonchev–Trinajstić information content (AvgIpc) is 2.43. The first kappa shape index (κ1) is 17.3. The van der Waals surface area contributed by atoms with Crippen molar-refractivity contribution >= 4 is 28.4 Å². The average molecular weight is 398 g/mol. The van der Waals surface area contributed by atoms with Gasteiger partial charge in [0.2, 0.25) is 6.29 Å². The molecule has 0 aliphatic carbocycles. The number of halogens is 3. The van der Waals surface area contributed by atoms with Crippen molar-refractivity contribution in [2.45, 2.75) is 26.7 Å². The Kier molecular flexibility index (Phi) is 7.31. The Balaban J connectivity index is 2.82. The molecule has 0 amide bonds. The van der Waals surface area contributed by atoms with E-state index < -0.39 is 17.9 Å². The molecule has 0 fully saturated rings. The minimum atomic E-state index is -0.905. The first-order chi connectivity index (χ1) is 9.51. The minimum Gasteiger partial charge on any atom is -0.383 e. The Labute approximate surface area is 130 Å². The number of rotatable bonds is 7. The lowest BCUT2D eigenvalue weighted by Gasteiger charge is -2.16. The van der Waals surface area contributed by atoms with Crippen LogP contribution in [0.5, 0.6) is 0 Å². The van der Waals surface area contributed by atoms with Crippen LogP contribution in [0.25, 0.3) is 0 Å². The standard InChI is InChI=1S/C13H17F2IN2O2/c1-3-19-13(20-4-2)12(17)18-7-8-5-6-9(16)11(15)10(8)14/h5-6,13H,3-4,7H2,1-2H3,(H2,17,18). The third-order valence-electron chi connectivity index (χ3n) is 2.42. The van der Waals surface area contributed by atoms with E-state index in [1.807, 2.05) is 0 Å². The number of amidine groups is 1. The molecule has 0 bridgehead atoms. The summed E-state index contributed by atoms with van der Waals surface area (Å²) in [5.74, 6) is -1.67. The maximum Gasteiger partial charge on any atom is 0.216 e. The molecule has 1 aromatic rings. The number of aliphatic imine (C=N–C) groups is 1. The molecule has 0 aromatic heterocycles. The summed E-state index contributed by atoms with van der Waals surface area (Å²) in [6, 6.07) is 2.97. The van der Waals surface area contributed by atoms with Crippen LogP contribution in [-0.4, -0.2) is 25.3 Å². The summed E-state index contributed by atoms with van der Waals surface area (Å²) in [5.41, 5.74) is 5.87. The largest absolute Gasteiger partial charge is 0.383 e. The van der Waals surface area contributed by atoms with Crippen LogP contribution in [0.3, 0.4) is 0 Å². The van der Waals surface area contributed by atoms with Crippen molar-refractivity contribution in [2.75, 3.05) is 13.2 Å². The highest BCUT2D eigenvalue weighted by molar-refractivity contribution is 14.1. The topological polar surface area (TPSA) is 56.8 Å². The second-order valence-corrected chi connectivity index (χ2v) is 4.98. The van der Waals surface area contributed by atoms with E-state index in [-0.39, 0.29) is 21.5 Å². The summed E-state index contributed by atoms with van der Waals surface area (Å²) in [6.07, 6.45) is -0.762. The molecule has 0 saturated heterocycles. The number of nitrogens with zero attached hydrogens (tertiary/aromatic N) is 1. The molecule has 0 aliphatic heterocycles. The fourth-order valence-corrected chi connectivity index (χ4v) is 1.88. The molecule has 0 radical (unpaired) electrons. The Morgan fingerprint density at radius 1 is 1.25 bits per heavy atom. The van der Waals surface area contributed by atoms with Crippen molar-refractivity contribution in [3.05, 3.63) is 32.9 Å². The molecule has 4 nitrogen and oxygen atoms in total. The van der Waals surface area contributed by atoms with Gasteiger partial charge in [0.15, 0.2) is 17.5 Å². The van der Waals surface area contributed by atoms with Crippen LogP contribution in [0.15, 0.2) is 17.1 Å². The van der Waals surface area contributed by atoms with Crippen molar-refractivity contribution in [1.29, 1.82) is 0 Å². The van der Waals surface area contributed by atoms with Crippen LogP contribution in [0, 0.1) is 15.2 Å². The van der Waals surface area contributed by atoms with Crippen molar-refractivity contribution in [3.8, 4) is 0 Å². The lowest BCUT2D eigenvalue weighted by molar-refractivity contribution is -0.0907. The summed E-state index contributed by atoms with van der Waals surface area (Å²) >= 11 is 1.73. The van der Waals surface area contributed by atoms with Gasteiger partial charge in [0, 0.05) is 18.8 Å². The van der Waals surface area contributed by atoms with E-state index in [9.17, 15) is 8.78 Å². The van der Waals surface area contributed by atoms with Gasteiger partial charge in [-0.2, -0.15) is 0 Å². The Morgan fingerprint density at radius 3 is 2.40 bits per heavy atom. The highest BCUT2D eigenvalue weighted by atomic mass is 127. The van der Waals surface area contributed by atoms with Gasteiger partial charge >= 0.3 is 0 Å². The molecular weight excluding hydrogens is 381 g/mol. The Morgan fingerprint density at radius 2 is 1.85 bits per heavy atom. The fraction of sp³-hybridized carbons (Fsp3) is 0.462. The normalized spacial score (nSPS) is 12.2. The molecule has 0 unspecified atom stereocenters. The van der Waals surface area contributed by atoms with E-state index in [0.29, 0.717) is 13.2 Å². The maximum atomic E-state index is 13.7. The van der Waals surface area contributed by atoms with Crippen molar-refractivity contribution in [2.24, 2.45) is 10.7 Å². The predicted octanol–water partition coefficient (Wildman–Crippen LogP) is 2.83. The SMILES string of the molecule is CCOC(OCC)C(N)=NCc1ccc(I)c(F)c1F. The zero-order valence-electron chi connectivity index (χ0n) is 11.3. The van der Waals surface area contributed by atoms with Gasteiger partial charge in [0.1, 0.15) is 0 Å². The van der Waals surface area contributed by atoms with Crippen LogP contribution >= 0.6 is 22.6 Å². The number of hydrogen-bond acceptors (Lipinski definition) is 3. The molecule has 20 heavy (non-hydrogen) atoms. The molecule has 0 spiro atoms. The van der Waals surface area contributed by atoms with Crippen LogP contribution < -0.4 is 5.73 Å². The van der Waals surface area contributed by atoms with Gasteiger partial charge in [-0.3, -0.25) is 4.99 Å². The van der Waals surface area contributed by atoms with Gasteiger partial charge in [-0.25, -0.2) is 8.78 Å². The van der Waals surface area contributed by atoms with Gasteiger partial charge < -0.3 is 15.2 Å². The van der Waals surface area contributed by atoms with Gasteiger partial charge in [0.05, 0.1) is 10.1 Å². The summed E-state index contributed by atoms with van der Waals surface area (Å²) < 4.78 is 37.8. The Bertz CT molecular complexity index is 478. The first-order valence-corrected chi connectivity index (χ1v) is 7.24. The fourth-order valence-electron chi connectivity index (χ4n) is 1.46. The van der Waals surface area contributed by atoms with E-state index >= 15 is 0 Å². The number of benzene rings is 1. The van der Waals surface area contributed by atoms with Crippen LogP contribution in [0.1, 0.15) is 19.4 Å². The smallest absolute Gasteiger partial charge is 0.216 e. The van der Waals surface area contributed by atoms with Crippen LogP contribution in [-0.2, 0) is 16.0 Å². The quantitative estimate of drug-likeness (QED) is 0.253. The molecule has 0 heterocycles. The number of hydrogen-bond donors (Lipinski definition) is 1. The van der Waals surface area contributed by atoms with Gasteiger partial charge in [-0.05, 0) is 42.5 Å². The van der Waals surface area contributed by atoms with Gasteiger partial charge in [-0.1, -0.05) is 6.07 Å². The lowest BCUT2D eigenvalue weighted by atomic mass is 10.2. The van der Waals surface area contributed by atoms with Crippen molar-refractivity contribution < 1.29 is 18.3 Å². The molecule has 0 aliphatic rings. The monoisotopic (exact) mass is 398 g/mol. The van der Waals surface area contributed by atoms with E-state index in [1.165, 1.54) is 12.1 Å². The van der Waals surface area contributed by atoms with Gasteiger partial charge in [-0.15, -0.1) is 0 Å². The molecule has 2 N–H and O–H groups in total. The predicted molar refractivity (Wildman–Crippen MR) is 81.4 cm³/mol. The third kappa shape index (κ3) is 4.64. The third-order valence-corrected chi connectivity index (χ3v) is 3.26. The van der Waals surface area contributed by atoms with Gasteiger partial charge in [0.25, 0.3) is 0 Å². The highest BCUT2D eigenvalue weighted by Crippen LogP contribution is 2.18. The van der Waals surface area contributed by atoms with E-state index in [1.54, 1.807) is 36.4 Å². The van der Waals surface area contributed by atoms with Crippen LogP contribution in [0.4, 0.5) is 8.78 Å². The summed E-state index contributed by atoms with van der Waals surface area (Å²) in [7, 11) is 0. The number of ether oxygens (including phenoxy) is 2. The molecule has 1 aromatic carbocycles. The summed E-state index contributed by atoms with van der Waals surface area (Å²) in [6.45, 7) is 4.35. The van der Waals surface area contributed by atoms with E-state index in [4.69, 9.17) is 15.2 Å². The van der Waals surface area contributed by atoms with E-state index in [0.717, 1.165) is 0 Å². The molecule has 112 valence electrons. The van der Waals surface area contributed by atoms with E-state index in [2.05, 4.69) is 4.99 Å². The molecule has 0 saturated carbocycles. The molecule has 1 rings (SSSR count). The van der Waals surface area contributed by atoms with Crippen molar-refractivity contribution in [3.63, 3.8) is 0 Å². The lowest BCUT2D eigenvalue weighted by Crippen LogP contribution is -2.34. The molecular formula is C13H17F2IN2O2. The molecule has 7 heteroatoms. The van der Waals surface area contributed by atoms with Crippen molar-refractivity contribution in [1.82, 2.24) is 0 Å².